The molecule has 1 saturated heterocycles. The number of aryl methyl sites for hydroxylation is 1. The highest BCUT2D eigenvalue weighted by molar-refractivity contribution is 7.90. The molecule has 1 aliphatic heterocycles. The third-order valence-electron chi connectivity index (χ3n) is 6.47. The maximum absolute atomic E-state index is 13.4. The second-order valence-electron chi connectivity index (χ2n) is 8.79. The third-order valence-corrected chi connectivity index (χ3v) is 8.15. The van der Waals surface area contributed by atoms with Gasteiger partial charge in [0.2, 0.25) is 0 Å². The van der Waals surface area contributed by atoms with E-state index in [0.717, 1.165) is 55.7 Å². The van der Waals surface area contributed by atoms with Crippen molar-refractivity contribution in [2.24, 2.45) is 0 Å². The number of nitrogens with zero attached hydrogens (tertiary/aromatic N) is 4. The second-order valence-corrected chi connectivity index (χ2v) is 10.6. The minimum Gasteiger partial charge on any atom is -0.351 e. The maximum Gasteiger partial charge on any atom is 0.269 e. The van der Waals surface area contributed by atoms with Crippen LogP contribution in [0.2, 0.25) is 0 Å². The summed E-state index contributed by atoms with van der Waals surface area (Å²) in [4.78, 5) is 11.6. The molecule has 5 rings (SSSR count). The Balaban J connectivity index is 1.54. The zero-order valence-corrected chi connectivity index (χ0v) is 20.1. The van der Waals surface area contributed by atoms with Crippen LogP contribution in [0.4, 0.5) is 5.82 Å². The number of hydrogen-bond donors (Lipinski definition) is 1. The largest absolute Gasteiger partial charge is 0.351 e. The second kappa shape index (κ2) is 9.56. The van der Waals surface area contributed by atoms with Gasteiger partial charge in [-0.25, -0.2) is 22.4 Å². The van der Waals surface area contributed by atoms with Crippen molar-refractivity contribution in [1.82, 2.24) is 19.3 Å². The predicted molar refractivity (Wildman–Crippen MR) is 135 cm³/mol. The SMILES string of the molecule is Cc1ccc(S(=O)(=O)n2ccc3c(N(CCc4ccccc4)C4CCCNC4)ncnc32)cc1. The van der Waals surface area contributed by atoms with Crippen LogP contribution in [0.5, 0.6) is 0 Å². The Kier molecular flexibility index (Phi) is 6.34. The van der Waals surface area contributed by atoms with Crippen LogP contribution in [0.3, 0.4) is 0 Å². The molecule has 1 atom stereocenters. The lowest BCUT2D eigenvalue weighted by molar-refractivity contribution is 0.430. The van der Waals surface area contributed by atoms with Gasteiger partial charge in [-0.05, 0) is 56.5 Å². The van der Waals surface area contributed by atoms with E-state index in [1.165, 1.54) is 15.9 Å². The molecule has 0 spiro atoms. The zero-order chi connectivity index (χ0) is 23.5. The molecule has 34 heavy (non-hydrogen) atoms. The van der Waals surface area contributed by atoms with Crippen molar-refractivity contribution in [3.05, 3.63) is 84.3 Å². The van der Waals surface area contributed by atoms with E-state index >= 15 is 0 Å². The van der Waals surface area contributed by atoms with E-state index in [2.05, 4.69) is 44.5 Å². The fourth-order valence-electron chi connectivity index (χ4n) is 4.62. The van der Waals surface area contributed by atoms with Gasteiger partial charge in [0.25, 0.3) is 10.0 Å². The Hall–Kier alpha value is -3.23. The fraction of sp³-hybridized carbons (Fsp3) is 0.308. The first kappa shape index (κ1) is 22.6. The molecule has 2 aromatic carbocycles. The molecule has 1 aliphatic rings. The summed E-state index contributed by atoms with van der Waals surface area (Å²) in [7, 11) is -3.77. The number of rotatable bonds is 7. The van der Waals surface area contributed by atoms with Crippen LogP contribution in [0.15, 0.2) is 78.1 Å². The van der Waals surface area contributed by atoms with Gasteiger partial charge >= 0.3 is 0 Å². The topological polar surface area (TPSA) is 80.1 Å². The Morgan fingerprint density at radius 3 is 2.59 bits per heavy atom. The number of nitrogens with one attached hydrogen (secondary N) is 1. The normalized spacial score (nSPS) is 16.6. The minimum absolute atomic E-state index is 0.244. The molecule has 2 aromatic heterocycles. The summed E-state index contributed by atoms with van der Waals surface area (Å²) in [6.07, 6.45) is 6.11. The molecule has 1 fully saturated rings. The van der Waals surface area contributed by atoms with Crippen LogP contribution >= 0.6 is 0 Å². The van der Waals surface area contributed by atoms with Crippen molar-refractivity contribution in [2.45, 2.75) is 37.1 Å². The average molecular weight is 476 g/mol. The first-order valence-corrected chi connectivity index (χ1v) is 13.1. The summed E-state index contributed by atoms with van der Waals surface area (Å²) in [5.41, 5.74) is 2.68. The van der Waals surface area contributed by atoms with Crippen LogP contribution < -0.4 is 10.2 Å². The van der Waals surface area contributed by atoms with Gasteiger partial charge in [-0.3, -0.25) is 0 Å². The third kappa shape index (κ3) is 4.43. The van der Waals surface area contributed by atoms with E-state index in [-0.39, 0.29) is 10.9 Å². The molecule has 1 N–H and O–H groups in total. The molecule has 1 unspecified atom stereocenters. The Morgan fingerprint density at radius 2 is 1.85 bits per heavy atom. The van der Waals surface area contributed by atoms with Gasteiger partial charge in [0.05, 0.1) is 10.3 Å². The molecule has 8 heteroatoms. The molecule has 0 radical (unpaired) electrons. The van der Waals surface area contributed by atoms with E-state index in [4.69, 9.17) is 0 Å². The lowest BCUT2D eigenvalue weighted by Crippen LogP contribution is -2.47. The Labute approximate surface area is 200 Å². The van der Waals surface area contributed by atoms with Crippen LogP contribution in [0.25, 0.3) is 11.0 Å². The monoisotopic (exact) mass is 475 g/mol. The molecular formula is C26H29N5O2S. The number of hydrogen-bond acceptors (Lipinski definition) is 6. The molecule has 4 aromatic rings. The standard InChI is InChI=1S/C26H29N5O2S/c1-20-9-11-23(12-10-20)34(32,33)31-17-14-24-25(28-19-29-26(24)31)30(22-8-5-15-27-18-22)16-13-21-6-3-2-4-7-21/h2-4,6-7,9-12,14,17,19,22,27H,5,8,13,15-16,18H2,1H3. The van der Waals surface area contributed by atoms with Gasteiger partial charge in [0.1, 0.15) is 12.1 Å². The number of benzene rings is 2. The minimum atomic E-state index is -3.77. The summed E-state index contributed by atoms with van der Waals surface area (Å²) in [5, 5.41) is 4.25. The highest BCUT2D eigenvalue weighted by Crippen LogP contribution is 2.29. The van der Waals surface area contributed by atoms with Crippen molar-refractivity contribution in [1.29, 1.82) is 0 Å². The number of anilines is 1. The summed E-state index contributed by atoms with van der Waals surface area (Å²) in [6.45, 7) is 4.62. The Morgan fingerprint density at radius 1 is 1.06 bits per heavy atom. The molecule has 0 bridgehead atoms. The van der Waals surface area contributed by atoms with Crippen molar-refractivity contribution in [3.8, 4) is 0 Å². The van der Waals surface area contributed by atoms with E-state index in [9.17, 15) is 8.42 Å². The summed E-state index contributed by atoms with van der Waals surface area (Å²) >= 11 is 0. The van der Waals surface area contributed by atoms with E-state index in [1.54, 1.807) is 30.5 Å². The van der Waals surface area contributed by atoms with Crippen molar-refractivity contribution in [2.75, 3.05) is 24.5 Å². The molecule has 7 nitrogen and oxygen atoms in total. The van der Waals surface area contributed by atoms with Crippen molar-refractivity contribution in [3.63, 3.8) is 0 Å². The van der Waals surface area contributed by atoms with Gasteiger partial charge in [-0.15, -0.1) is 0 Å². The van der Waals surface area contributed by atoms with Crippen LogP contribution in [-0.4, -0.2) is 48.0 Å². The van der Waals surface area contributed by atoms with Crippen LogP contribution in [0, 0.1) is 6.92 Å². The summed E-state index contributed by atoms with van der Waals surface area (Å²) < 4.78 is 28.1. The van der Waals surface area contributed by atoms with E-state index in [1.807, 2.05) is 19.1 Å². The molecule has 3 heterocycles. The molecular weight excluding hydrogens is 446 g/mol. The predicted octanol–water partition coefficient (Wildman–Crippen LogP) is 3.78. The lowest BCUT2D eigenvalue weighted by Gasteiger charge is -2.36. The van der Waals surface area contributed by atoms with Crippen molar-refractivity contribution >= 4 is 26.9 Å². The molecule has 0 saturated carbocycles. The highest BCUT2D eigenvalue weighted by Gasteiger charge is 2.26. The molecule has 176 valence electrons. The first-order valence-electron chi connectivity index (χ1n) is 11.7. The van der Waals surface area contributed by atoms with E-state index in [0.29, 0.717) is 5.65 Å². The highest BCUT2D eigenvalue weighted by atomic mass is 32.2. The average Bonchev–Trinajstić information content (AvgIpc) is 3.32. The summed E-state index contributed by atoms with van der Waals surface area (Å²) in [5.74, 6) is 0.785. The van der Waals surface area contributed by atoms with Gasteiger partial charge < -0.3 is 10.2 Å². The quantitative estimate of drug-likeness (QED) is 0.438. The maximum atomic E-state index is 13.4. The zero-order valence-electron chi connectivity index (χ0n) is 19.3. The van der Waals surface area contributed by atoms with E-state index < -0.39 is 10.0 Å². The first-order chi connectivity index (χ1) is 16.5. The smallest absolute Gasteiger partial charge is 0.269 e. The molecule has 0 amide bonds. The Bertz CT molecular complexity index is 1360. The molecule has 0 aliphatic carbocycles. The summed E-state index contributed by atoms with van der Waals surface area (Å²) in [6, 6.07) is 19.4. The fourth-order valence-corrected chi connectivity index (χ4v) is 5.92. The van der Waals surface area contributed by atoms with Crippen LogP contribution in [0.1, 0.15) is 24.0 Å². The van der Waals surface area contributed by atoms with Gasteiger partial charge in [-0.1, -0.05) is 48.0 Å². The number of aromatic nitrogens is 3. The van der Waals surface area contributed by atoms with Gasteiger partial charge in [-0.2, -0.15) is 0 Å². The number of fused-ring (bicyclic) bond motifs is 1. The van der Waals surface area contributed by atoms with Gasteiger partial charge in [0.15, 0.2) is 5.65 Å². The van der Waals surface area contributed by atoms with Gasteiger partial charge in [0, 0.05) is 25.3 Å². The lowest BCUT2D eigenvalue weighted by atomic mass is 10.0. The number of piperidine rings is 1. The van der Waals surface area contributed by atoms with Crippen molar-refractivity contribution < 1.29 is 8.42 Å². The van der Waals surface area contributed by atoms with Crippen LogP contribution in [-0.2, 0) is 16.4 Å².